The first-order valence-corrected chi connectivity index (χ1v) is 11.1. The summed E-state index contributed by atoms with van der Waals surface area (Å²) in [5, 5.41) is 5.13. The maximum atomic E-state index is 12.4. The Morgan fingerprint density at radius 2 is 1.73 bits per heavy atom. The lowest BCUT2D eigenvalue weighted by Crippen LogP contribution is -2.30. The standard InChI is InChI=1S/C25H21Cl2N3O3/c26-22-7-4-8-23(27)21(22)16-33-20-11-9-17(10-12-20)14-28-29-25(32)18-13-24(31)30(15-18)19-5-2-1-3-6-19/h1-12,14,18H,13,15-16H2,(H,29,32)/b28-14-/t18-/m0/s1. The number of hydrazone groups is 1. The lowest BCUT2D eigenvalue weighted by atomic mass is 10.1. The maximum Gasteiger partial charge on any atom is 0.245 e. The maximum absolute atomic E-state index is 12.4. The third kappa shape index (κ3) is 5.72. The van der Waals surface area contributed by atoms with Crippen molar-refractivity contribution < 1.29 is 14.3 Å². The van der Waals surface area contributed by atoms with Crippen LogP contribution in [0.4, 0.5) is 5.69 Å². The van der Waals surface area contributed by atoms with E-state index < -0.39 is 5.92 Å². The van der Waals surface area contributed by atoms with Crippen molar-refractivity contribution in [3.63, 3.8) is 0 Å². The number of para-hydroxylation sites is 1. The van der Waals surface area contributed by atoms with E-state index in [1.807, 2.05) is 42.5 Å². The number of carbonyl (C=O) groups excluding carboxylic acids is 2. The zero-order chi connectivity index (χ0) is 23.2. The molecule has 0 aliphatic carbocycles. The van der Waals surface area contributed by atoms with Gasteiger partial charge in [0.15, 0.2) is 0 Å². The molecule has 8 heteroatoms. The van der Waals surface area contributed by atoms with Crippen LogP contribution in [0, 0.1) is 5.92 Å². The van der Waals surface area contributed by atoms with Gasteiger partial charge in [0, 0.05) is 34.3 Å². The average molecular weight is 482 g/mol. The highest BCUT2D eigenvalue weighted by atomic mass is 35.5. The Bertz CT molecular complexity index is 1150. The predicted molar refractivity (Wildman–Crippen MR) is 130 cm³/mol. The lowest BCUT2D eigenvalue weighted by molar-refractivity contribution is -0.126. The fourth-order valence-corrected chi connectivity index (χ4v) is 3.98. The summed E-state index contributed by atoms with van der Waals surface area (Å²) in [5.74, 6) is -0.145. The number of amides is 2. The van der Waals surface area contributed by atoms with Crippen molar-refractivity contribution >= 4 is 46.9 Å². The molecule has 0 spiro atoms. The van der Waals surface area contributed by atoms with E-state index in [0.717, 1.165) is 16.8 Å². The zero-order valence-corrected chi connectivity index (χ0v) is 19.1. The second kappa shape index (κ2) is 10.5. The Hall–Kier alpha value is -3.35. The van der Waals surface area contributed by atoms with Crippen LogP contribution in [0.1, 0.15) is 17.5 Å². The first-order valence-electron chi connectivity index (χ1n) is 10.4. The summed E-state index contributed by atoms with van der Waals surface area (Å²) in [6.45, 7) is 0.591. The quantitative estimate of drug-likeness (QED) is 0.378. The van der Waals surface area contributed by atoms with Crippen LogP contribution >= 0.6 is 23.2 Å². The van der Waals surface area contributed by atoms with Gasteiger partial charge in [-0.15, -0.1) is 0 Å². The lowest BCUT2D eigenvalue weighted by Gasteiger charge is -2.16. The third-order valence-electron chi connectivity index (χ3n) is 5.28. The number of nitrogens with one attached hydrogen (secondary N) is 1. The molecule has 3 aromatic carbocycles. The summed E-state index contributed by atoms with van der Waals surface area (Å²) in [4.78, 5) is 26.3. The van der Waals surface area contributed by atoms with Crippen LogP contribution in [0.15, 0.2) is 77.9 Å². The molecule has 1 saturated heterocycles. The summed E-state index contributed by atoms with van der Waals surface area (Å²) in [5.41, 5.74) is 4.83. The second-order valence-corrected chi connectivity index (χ2v) is 8.35. The number of nitrogens with zero attached hydrogens (tertiary/aromatic N) is 2. The number of hydrogen-bond acceptors (Lipinski definition) is 4. The molecule has 1 N–H and O–H groups in total. The zero-order valence-electron chi connectivity index (χ0n) is 17.6. The number of ether oxygens (including phenoxy) is 1. The SMILES string of the molecule is O=C(N/N=C\c1ccc(OCc2c(Cl)cccc2Cl)cc1)[C@H]1CC(=O)N(c2ccccc2)C1. The van der Waals surface area contributed by atoms with Crippen molar-refractivity contribution in [3.05, 3.63) is 94.0 Å². The monoisotopic (exact) mass is 481 g/mol. The number of rotatable bonds is 7. The topological polar surface area (TPSA) is 71.0 Å². The van der Waals surface area contributed by atoms with E-state index in [-0.39, 0.29) is 24.8 Å². The van der Waals surface area contributed by atoms with Crippen molar-refractivity contribution in [1.82, 2.24) is 5.43 Å². The highest BCUT2D eigenvalue weighted by Crippen LogP contribution is 2.26. The molecule has 0 radical (unpaired) electrons. The molecular formula is C25H21Cl2N3O3. The van der Waals surface area contributed by atoms with Crippen LogP contribution in [-0.2, 0) is 16.2 Å². The molecule has 1 aliphatic rings. The average Bonchev–Trinajstić information content (AvgIpc) is 3.22. The molecule has 1 heterocycles. The molecule has 6 nitrogen and oxygen atoms in total. The highest BCUT2D eigenvalue weighted by molar-refractivity contribution is 6.35. The Morgan fingerprint density at radius 1 is 1.03 bits per heavy atom. The predicted octanol–water partition coefficient (Wildman–Crippen LogP) is 5.08. The van der Waals surface area contributed by atoms with Crippen molar-refractivity contribution in [2.24, 2.45) is 11.0 Å². The van der Waals surface area contributed by atoms with Gasteiger partial charge in [0.05, 0.1) is 12.1 Å². The van der Waals surface area contributed by atoms with Crippen molar-refractivity contribution in [2.45, 2.75) is 13.0 Å². The normalized spacial score (nSPS) is 15.8. The van der Waals surface area contributed by atoms with Gasteiger partial charge in [-0.2, -0.15) is 5.10 Å². The van der Waals surface area contributed by atoms with Gasteiger partial charge in [-0.1, -0.05) is 47.5 Å². The van der Waals surface area contributed by atoms with Crippen LogP contribution in [0.3, 0.4) is 0 Å². The molecule has 168 valence electrons. The van der Waals surface area contributed by atoms with Gasteiger partial charge in [0.25, 0.3) is 0 Å². The number of halogens is 2. The number of anilines is 1. The smallest absolute Gasteiger partial charge is 0.245 e. The Morgan fingerprint density at radius 3 is 2.42 bits per heavy atom. The van der Waals surface area contributed by atoms with Crippen molar-refractivity contribution in [3.8, 4) is 5.75 Å². The number of carbonyl (C=O) groups is 2. The van der Waals surface area contributed by atoms with E-state index >= 15 is 0 Å². The van der Waals surface area contributed by atoms with E-state index in [1.54, 1.807) is 41.4 Å². The minimum absolute atomic E-state index is 0.0704. The minimum Gasteiger partial charge on any atom is -0.489 e. The molecule has 1 aliphatic heterocycles. The van der Waals surface area contributed by atoms with E-state index in [9.17, 15) is 9.59 Å². The summed E-state index contributed by atoms with van der Waals surface area (Å²) in [6, 6.07) is 21.8. The van der Waals surface area contributed by atoms with E-state index in [1.165, 1.54) is 0 Å². The van der Waals surface area contributed by atoms with Gasteiger partial charge in [-0.25, -0.2) is 5.43 Å². The fourth-order valence-electron chi connectivity index (χ4n) is 3.48. The Labute approximate surface area is 201 Å². The van der Waals surface area contributed by atoms with Crippen LogP contribution in [0.5, 0.6) is 5.75 Å². The van der Waals surface area contributed by atoms with Gasteiger partial charge in [-0.05, 0) is 54.1 Å². The second-order valence-electron chi connectivity index (χ2n) is 7.53. The first kappa shape index (κ1) is 22.8. The van der Waals surface area contributed by atoms with E-state index in [0.29, 0.717) is 22.3 Å². The molecule has 0 saturated carbocycles. The molecule has 3 aromatic rings. The third-order valence-corrected chi connectivity index (χ3v) is 5.99. The van der Waals surface area contributed by atoms with Crippen LogP contribution in [0.2, 0.25) is 10.0 Å². The Balaban J connectivity index is 1.28. The molecule has 1 fully saturated rings. The van der Waals surface area contributed by atoms with Gasteiger partial charge < -0.3 is 9.64 Å². The molecule has 0 bridgehead atoms. The molecule has 4 rings (SSSR count). The van der Waals surface area contributed by atoms with Gasteiger partial charge in [-0.3, -0.25) is 9.59 Å². The number of hydrogen-bond donors (Lipinski definition) is 1. The van der Waals surface area contributed by atoms with Gasteiger partial charge in [0.2, 0.25) is 11.8 Å². The van der Waals surface area contributed by atoms with Crippen LogP contribution in [0.25, 0.3) is 0 Å². The molecule has 0 aromatic heterocycles. The minimum atomic E-state index is -0.442. The van der Waals surface area contributed by atoms with Crippen LogP contribution in [-0.4, -0.2) is 24.6 Å². The van der Waals surface area contributed by atoms with Crippen molar-refractivity contribution in [1.29, 1.82) is 0 Å². The summed E-state index contributed by atoms with van der Waals surface area (Å²) in [6.07, 6.45) is 1.70. The van der Waals surface area contributed by atoms with E-state index in [4.69, 9.17) is 27.9 Å². The molecular weight excluding hydrogens is 461 g/mol. The molecule has 2 amide bonds. The molecule has 0 unspecified atom stereocenters. The summed E-state index contributed by atoms with van der Waals surface area (Å²) < 4.78 is 5.76. The van der Waals surface area contributed by atoms with Gasteiger partial charge >= 0.3 is 0 Å². The van der Waals surface area contributed by atoms with Gasteiger partial charge in [0.1, 0.15) is 12.4 Å². The highest BCUT2D eigenvalue weighted by Gasteiger charge is 2.34. The number of benzene rings is 3. The fraction of sp³-hybridized carbons (Fsp3) is 0.160. The molecule has 33 heavy (non-hydrogen) atoms. The van der Waals surface area contributed by atoms with Crippen molar-refractivity contribution in [2.75, 3.05) is 11.4 Å². The Kier molecular flexibility index (Phi) is 7.27. The first-order chi connectivity index (χ1) is 16.0. The molecule has 1 atom stereocenters. The largest absolute Gasteiger partial charge is 0.489 e. The van der Waals surface area contributed by atoms with Crippen LogP contribution < -0.4 is 15.1 Å². The summed E-state index contributed by atoms with van der Waals surface area (Å²) >= 11 is 12.3. The summed E-state index contributed by atoms with van der Waals surface area (Å²) in [7, 11) is 0. The van der Waals surface area contributed by atoms with E-state index in [2.05, 4.69) is 10.5 Å².